The maximum Gasteiger partial charge on any atom is 0.255 e. The summed E-state index contributed by atoms with van der Waals surface area (Å²) in [5.41, 5.74) is 2.12. The molecule has 0 aliphatic carbocycles. The second-order valence-corrected chi connectivity index (χ2v) is 8.32. The molecule has 2 bridgehead atoms. The monoisotopic (exact) mass is 362 g/mol. The minimum absolute atomic E-state index is 0.114. The van der Waals surface area contributed by atoms with Crippen molar-refractivity contribution in [2.45, 2.75) is 37.8 Å². The van der Waals surface area contributed by atoms with Gasteiger partial charge in [0.05, 0.1) is 18.0 Å². The molecule has 5 nitrogen and oxygen atoms in total. The van der Waals surface area contributed by atoms with Crippen LogP contribution >= 0.6 is 0 Å². The summed E-state index contributed by atoms with van der Waals surface area (Å²) in [7, 11) is 0. The van der Waals surface area contributed by atoms with Crippen LogP contribution in [0.4, 0.5) is 0 Å². The molecule has 5 heteroatoms. The van der Waals surface area contributed by atoms with Crippen molar-refractivity contribution in [2.24, 2.45) is 11.8 Å². The Balaban J connectivity index is 1.36. The lowest BCUT2D eigenvalue weighted by molar-refractivity contribution is -0.0511. The molecule has 140 valence electrons. The van der Waals surface area contributed by atoms with Gasteiger partial charge in [0.1, 0.15) is 0 Å². The topological polar surface area (TPSA) is 49.3 Å². The van der Waals surface area contributed by atoms with Gasteiger partial charge >= 0.3 is 0 Å². The Morgan fingerprint density at radius 2 is 1.89 bits per heavy atom. The third-order valence-electron chi connectivity index (χ3n) is 6.69. The number of rotatable bonds is 2. The Bertz CT molecular complexity index is 796. The summed E-state index contributed by atoms with van der Waals surface area (Å²) in [6, 6.07) is 13.9. The number of likely N-dealkylation sites (tertiary alicyclic amines) is 1. The van der Waals surface area contributed by atoms with Crippen molar-refractivity contribution < 1.29 is 4.79 Å². The van der Waals surface area contributed by atoms with Gasteiger partial charge in [0.15, 0.2) is 0 Å². The summed E-state index contributed by atoms with van der Waals surface area (Å²) < 4.78 is 0. The molecular formula is C22H26N4O. The molecule has 27 heavy (non-hydrogen) atoms. The van der Waals surface area contributed by atoms with Crippen LogP contribution in [0.2, 0.25) is 0 Å². The molecule has 0 radical (unpaired) electrons. The molecule has 0 N–H and O–H groups in total. The fraction of sp³-hybridized carbons (Fsp3) is 0.500. The molecule has 4 atom stereocenters. The Labute approximate surface area is 160 Å². The van der Waals surface area contributed by atoms with E-state index in [0.717, 1.165) is 19.6 Å². The van der Waals surface area contributed by atoms with Gasteiger partial charge in [-0.15, -0.1) is 0 Å². The molecule has 0 spiro atoms. The number of fused-ring (bicyclic) bond motifs is 4. The van der Waals surface area contributed by atoms with Gasteiger partial charge in [-0.25, -0.2) is 0 Å². The molecular weight excluding hydrogens is 336 g/mol. The van der Waals surface area contributed by atoms with E-state index in [0.29, 0.717) is 29.5 Å². The zero-order valence-corrected chi connectivity index (χ0v) is 15.6. The number of hydrogen-bond donors (Lipinski definition) is 0. The predicted octanol–water partition coefficient (Wildman–Crippen LogP) is 3.16. The minimum Gasteiger partial charge on any atom is -0.338 e. The van der Waals surface area contributed by atoms with E-state index >= 15 is 0 Å². The summed E-state index contributed by atoms with van der Waals surface area (Å²) in [6.07, 6.45) is 8.26. The maximum absolute atomic E-state index is 12.9. The van der Waals surface area contributed by atoms with Crippen molar-refractivity contribution in [3.8, 4) is 0 Å². The lowest BCUT2D eigenvalue weighted by Gasteiger charge is -2.55. The fourth-order valence-electron chi connectivity index (χ4n) is 5.61. The van der Waals surface area contributed by atoms with E-state index in [-0.39, 0.29) is 5.91 Å². The van der Waals surface area contributed by atoms with Crippen molar-refractivity contribution in [2.75, 3.05) is 19.6 Å². The van der Waals surface area contributed by atoms with Gasteiger partial charge in [-0.1, -0.05) is 30.3 Å². The second-order valence-electron chi connectivity index (χ2n) is 8.32. The van der Waals surface area contributed by atoms with Crippen molar-refractivity contribution in [1.82, 2.24) is 20.0 Å². The summed E-state index contributed by atoms with van der Waals surface area (Å²) in [5, 5.41) is 7.67. The first kappa shape index (κ1) is 16.9. The van der Waals surface area contributed by atoms with Crippen LogP contribution in [0.15, 0.2) is 48.8 Å². The van der Waals surface area contributed by atoms with Gasteiger partial charge in [0, 0.05) is 31.7 Å². The molecule has 0 saturated carbocycles. The summed E-state index contributed by atoms with van der Waals surface area (Å²) in [5.74, 6) is 1.27. The number of carbonyl (C=O) groups excluding carboxylic acids is 1. The van der Waals surface area contributed by atoms with Crippen molar-refractivity contribution >= 4 is 5.91 Å². The van der Waals surface area contributed by atoms with E-state index in [1.165, 1.54) is 31.2 Å². The molecule has 1 amide bonds. The average molecular weight is 362 g/mol. The molecule has 1 aromatic carbocycles. The summed E-state index contributed by atoms with van der Waals surface area (Å²) >= 11 is 0. The van der Waals surface area contributed by atoms with Gasteiger partial charge in [0.2, 0.25) is 0 Å². The quantitative estimate of drug-likeness (QED) is 0.823. The van der Waals surface area contributed by atoms with Gasteiger partial charge in [0.25, 0.3) is 5.91 Å². The van der Waals surface area contributed by atoms with E-state index in [2.05, 4.69) is 50.3 Å². The van der Waals surface area contributed by atoms with Crippen LogP contribution in [0.3, 0.4) is 0 Å². The first-order chi connectivity index (χ1) is 13.3. The van der Waals surface area contributed by atoms with Crippen LogP contribution < -0.4 is 0 Å². The molecule has 5 rings (SSSR count). The highest BCUT2D eigenvalue weighted by Gasteiger charge is 2.45. The molecule has 2 aromatic rings. The van der Waals surface area contributed by atoms with Gasteiger partial charge < -0.3 is 4.90 Å². The minimum atomic E-state index is 0.114. The smallest absolute Gasteiger partial charge is 0.255 e. The molecule has 3 saturated heterocycles. The van der Waals surface area contributed by atoms with Crippen LogP contribution in [-0.4, -0.2) is 51.6 Å². The lowest BCUT2D eigenvalue weighted by atomic mass is 9.74. The Kier molecular flexibility index (Phi) is 4.40. The van der Waals surface area contributed by atoms with E-state index in [4.69, 9.17) is 0 Å². The summed E-state index contributed by atoms with van der Waals surface area (Å²) in [4.78, 5) is 17.8. The highest BCUT2D eigenvalue weighted by atomic mass is 16.2. The molecule has 3 fully saturated rings. The molecule has 1 aromatic heterocycles. The number of hydrogen-bond acceptors (Lipinski definition) is 4. The van der Waals surface area contributed by atoms with Crippen LogP contribution in [0.1, 0.15) is 47.6 Å². The van der Waals surface area contributed by atoms with Gasteiger partial charge in [-0.2, -0.15) is 10.2 Å². The van der Waals surface area contributed by atoms with Gasteiger partial charge in [-0.3, -0.25) is 9.69 Å². The Morgan fingerprint density at radius 3 is 2.70 bits per heavy atom. The van der Waals surface area contributed by atoms with Crippen LogP contribution in [-0.2, 0) is 0 Å². The average Bonchev–Trinajstić information content (AvgIpc) is 2.74. The predicted molar refractivity (Wildman–Crippen MR) is 103 cm³/mol. The van der Waals surface area contributed by atoms with Crippen LogP contribution in [0, 0.1) is 11.8 Å². The molecule has 3 aliphatic rings. The summed E-state index contributed by atoms with van der Waals surface area (Å²) in [6.45, 7) is 2.85. The number of amides is 1. The first-order valence-electron chi connectivity index (χ1n) is 10.2. The standard InChI is InChI=1S/C22H26N4O/c27-22(18-9-10-23-24-12-18)25-13-16-11-19(15-25)21-8-4-7-20(26(21)14-16)17-5-2-1-3-6-17/h1-3,5-6,9-10,12,16,19-21H,4,7-8,11,13-15H2/t16-,19+,20+,21-/m0/s1. The van der Waals surface area contributed by atoms with E-state index in [9.17, 15) is 4.79 Å². The van der Waals surface area contributed by atoms with E-state index in [1.54, 1.807) is 18.5 Å². The lowest BCUT2D eigenvalue weighted by Crippen LogP contribution is -2.60. The number of aromatic nitrogens is 2. The zero-order chi connectivity index (χ0) is 18.2. The van der Waals surface area contributed by atoms with Crippen molar-refractivity contribution in [3.63, 3.8) is 0 Å². The van der Waals surface area contributed by atoms with Gasteiger partial charge in [-0.05, 0) is 49.1 Å². The van der Waals surface area contributed by atoms with E-state index < -0.39 is 0 Å². The molecule has 3 aliphatic heterocycles. The highest BCUT2D eigenvalue weighted by molar-refractivity contribution is 5.93. The largest absolute Gasteiger partial charge is 0.338 e. The second kappa shape index (κ2) is 7.04. The molecule has 0 unspecified atom stereocenters. The van der Waals surface area contributed by atoms with Crippen LogP contribution in [0.25, 0.3) is 0 Å². The highest BCUT2D eigenvalue weighted by Crippen LogP contribution is 2.44. The fourth-order valence-corrected chi connectivity index (χ4v) is 5.61. The molecule has 4 heterocycles. The van der Waals surface area contributed by atoms with Crippen molar-refractivity contribution in [1.29, 1.82) is 0 Å². The Morgan fingerprint density at radius 1 is 1.00 bits per heavy atom. The first-order valence-corrected chi connectivity index (χ1v) is 10.2. The van der Waals surface area contributed by atoms with Crippen LogP contribution in [0.5, 0.6) is 0 Å². The number of benzene rings is 1. The maximum atomic E-state index is 12.9. The number of nitrogens with zero attached hydrogens (tertiary/aromatic N) is 4. The SMILES string of the molecule is O=C(c1ccnnc1)N1C[C@@H]2C[C@H](C1)[C@@H]1CCC[C@H](c3ccccc3)N1C2. The number of carbonyl (C=O) groups is 1. The number of piperidine rings is 3. The van der Waals surface area contributed by atoms with E-state index in [1.807, 2.05) is 0 Å². The zero-order valence-electron chi connectivity index (χ0n) is 15.6. The van der Waals surface area contributed by atoms with Crippen molar-refractivity contribution in [3.05, 3.63) is 59.9 Å². The normalized spacial score (nSPS) is 30.6. The Hall–Kier alpha value is -2.27. The third kappa shape index (κ3) is 3.14. The third-order valence-corrected chi connectivity index (χ3v) is 6.69.